The molecule has 0 aromatic heterocycles. The molecule has 0 amide bonds. The van der Waals surface area contributed by atoms with Crippen LogP contribution >= 0.6 is 0 Å². The van der Waals surface area contributed by atoms with Gasteiger partial charge in [-0.25, -0.2) is 0 Å². The zero-order valence-electron chi connectivity index (χ0n) is 12.0. The van der Waals surface area contributed by atoms with Crippen LogP contribution in [0.1, 0.15) is 26.2 Å². The molecule has 0 aromatic rings. The fourth-order valence-corrected chi connectivity index (χ4v) is 1.82. The number of methoxy groups -OCH3 is 2. The summed E-state index contributed by atoms with van der Waals surface area (Å²) in [4.78, 5) is 11.6. The highest BCUT2D eigenvalue weighted by Gasteiger charge is 2.16. The Morgan fingerprint density at radius 1 is 1.37 bits per heavy atom. The van der Waals surface area contributed by atoms with Gasteiger partial charge in [0, 0.05) is 20.8 Å². The van der Waals surface area contributed by atoms with Crippen LogP contribution in [0.4, 0.5) is 0 Å². The first-order valence-electron chi connectivity index (χ1n) is 6.68. The van der Waals surface area contributed by atoms with E-state index in [2.05, 4.69) is 0 Å². The summed E-state index contributed by atoms with van der Waals surface area (Å²) in [7, 11) is 2.87. The van der Waals surface area contributed by atoms with Crippen LogP contribution in [0.3, 0.4) is 0 Å². The molecule has 1 fully saturated rings. The van der Waals surface area contributed by atoms with Gasteiger partial charge in [0.25, 0.3) is 0 Å². The standard InChI is InChI=1S/C14H24O5/c1-11(7-8-12(15)14(16-2)17-3)10-19-13-6-4-5-9-18-13/h7-8,11,13-14H,4-6,9-10H2,1-3H3/b8-7+. The van der Waals surface area contributed by atoms with E-state index < -0.39 is 6.29 Å². The van der Waals surface area contributed by atoms with Crippen molar-refractivity contribution in [3.8, 4) is 0 Å². The third kappa shape index (κ3) is 6.29. The van der Waals surface area contributed by atoms with Crippen molar-refractivity contribution in [3.63, 3.8) is 0 Å². The quantitative estimate of drug-likeness (QED) is 0.499. The van der Waals surface area contributed by atoms with Crippen molar-refractivity contribution in [3.05, 3.63) is 12.2 Å². The van der Waals surface area contributed by atoms with Crippen molar-refractivity contribution in [1.29, 1.82) is 0 Å². The Bertz CT molecular complexity index is 280. The van der Waals surface area contributed by atoms with Crippen LogP contribution < -0.4 is 0 Å². The van der Waals surface area contributed by atoms with Gasteiger partial charge in [-0.15, -0.1) is 0 Å². The van der Waals surface area contributed by atoms with E-state index in [1.807, 2.05) is 6.92 Å². The summed E-state index contributed by atoms with van der Waals surface area (Å²) in [6.45, 7) is 3.30. The van der Waals surface area contributed by atoms with Crippen LogP contribution in [-0.2, 0) is 23.7 Å². The Kier molecular flexibility index (Phi) is 7.90. The lowest BCUT2D eigenvalue weighted by Gasteiger charge is -2.23. The van der Waals surface area contributed by atoms with Crippen molar-refractivity contribution < 1.29 is 23.7 Å². The fraction of sp³-hybridized carbons (Fsp3) is 0.786. The molecule has 110 valence electrons. The number of ketones is 1. The molecule has 2 atom stereocenters. The minimum atomic E-state index is -0.828. The van der Waals surface area contributed by atoms with Crippen molar-refractivity contribution in [2.24, 2.45) is 5.92 Å². The van der Waals surface area contributed by atoms with Crippen LogP contribution in [-0.4, -0.2) is 45.8 Å². The van der Waals surface area contributed by atoms with Crippen molar-refractivity contribution in [2.75, 3.05) is 27.4 Å². The average molecular weight is 272 g/mol. The van der Waals surface area contributed by atoms with Crippen LogP contribution in [0.5, 0.6) is 0 Å². The smallest absolute Gasteiger partial charge is 0.221 e. The summed E-state index contributed by atoms with van der Waals surface area (Å²) in [6, 6.07) is 0. The van der Waals surface area contributed by atoms with E-state index in [0.29, 0.717) is 6.61 Å². The lowest BCUT2D eigenvalue weighted by Crippen LogP contribution is -2.24. The predicted molar refractivity (Wildman–Crippen MR) is 70.7 cm³/mol. The Hall–Kier alpha value is -0.750. The van der Waals surface area contributed by atoms with Gasteiger partial charge < -0.3 is 18.9 Å². The molecule has 0 radical (unpaired) electrons. The monoisotopic (exact) mass is 272 g/mol. The van der Waals surface area contributed by atoms with Gasteiger partial charge in [-0.2, -0.15) is 0 Å². The van der Waals surface area contributed by atoms with E-state index >= 15 is 0 Å². The van der Waals surface area contributed by atoms with Crippen molar-refractivity contribution >= 4 is 5.78 Å². The van der Waals surface area contributed by atoms with Gasteiger partial charge in [0.15, 0.2) is 6.29 Å². The highest BCUT2D eigenvalue weighted by atomic mass is 16.7. The number of ether oxygens (including phenoxy) is 4. The number of hydrogen-bond donors (Lipinski definition) is 0. The van der Waals surface area contributed by atoms with Gasteiger partial charge in [0.05, 0.1) is 6.61 Å². The number of hydrogen-bond acceptors (Lipinski definition) is 5. The first-order valence-corrected chi connectivity index (χ1v) is 6.68. The summed E-state index contributed by atoms with van der Waals surface area (Å²) in [5, 5.41) is 0. The zero-order valence-corrected chi connectivity index (χ0v) is 12.0. The van der Waals surface area contributed by atoms with E-state index in [1.165, 1.54) is 20.3 Å². The number of carbonyl (C=O) groups excluding carboxylic acids is 1. The molecule has 1 rings (SSSR count). The molecule has 0 aromatic carbocycles. The van der Waals surface area contributed by atoms with E-state index in [1.54, 1.807) is 6.08 Å². The van der Waals surface area contributed by atoms with Gasteiger partial charge >= 0.3 is 0 Å². The minimum Gasteiger partial charge on any atom is -0.353 e. The van der Waals surface area contributed by atoms with Gasteiger partial charge in [0.2, 0.25) is 12.1 Å². The third-order valence-electron chi connectivity index (χ3n) is 2.93. The van der Waals surface area contributed by atoms with Crippen LogP contribution in [0.2, 0.25) is 0 Å². The maximum Gasteiger partial charge on any atom is 0.221 e. The normalized spacial score (nSPS) is 22.0. The second-order valence-electron chi connectivity index (χ2n) is 4.67. The predicted octanol–water partition coefficient (Wildman–Crippen LogP) is 1.91. The molecule has 2 unspecified atom stereocenters. The fourth-order valence-electron chi connectivity index (χ4n) is 1.82. The molecule has 0 saturated carbocycles. The minimum absolute atomic E-state index is 0.0917. The van der Waals surface area contributed by atoms with E-state index in [0.717, 1.165) is 25.9 Å². The Balaban J connectivity index is 2.25. The second kappa shape index (κ2) is 9.20. The molecule has 1 aliphatic heterocycles. The molecule has 0 N–H and O–H groups in total. The molecule has 1 heterocycles. The van der Waals surface area contributed by atoms with E-state index in [-0.39, 0.29) is 18.0 Å². The molecule has 5 heteroatoms. The van der Waals surface area contributed by atoms with Crippen LogP contribution in [0.25, 0.3) is 0 Å². The summed E-state index contributed by atoms with van der Waals surface area (Å²) < 4.78 is 20.9. The molecule has 0 bridgehead atoms. The van der Waals surface area contributed by atoms with Crippen molar-refractivity contribution in [1.82, 2.24) is 0 Å². The maximum absolute atomic E-state index is 11.6. The molecule has 0 aliphatic carbocycles. The molecule has 0 spiro atoms. The van der Waals surface area contributed by atoms with Gasteiger partial charge in [-0.05, 0) is 31.3 Å². The Labute approximate surface area is 114 Å². The highest BCUT2D eigenvalue weighted by Crippen LogP contribution is 2.14. The summed E-state index contributed by atoms with van der Waals surface area (Å²) in [5.74, 6) is -0.0606. The number of carbonyl (C=O) groups is 1. The zero-order chi connectivity index (χ0) is 14.1. The Morgan fingerprint density at radius 2 is 2.11 bits per heavy atom. The Morgan fingerprint density at radius 3 is 2.68 bits per heavy atom. The van der Waals surface area contributed by atoms with Gasteiger partial charge in [-0.1, -0.05) is 13.0 Å². The SMILES string of the molecule is COC(OC)C(=O)/C=C/C(C)COC1CCCCO1. The average Bonchev–Trinajstić information content (AvgIpc) is 2.45. The first-order chi connectivity index (χ1) is 9.17. The topological polar surface area (TPSA) is 54.0 Å². The highest BCUT2D eigenvalue weighted by molar-refractivity contribution is 5.92. The third-order valence-corrected chi connectivity index (χ3v) is 2.93. The molecule has 19 heavy (non-hydrogen) atoms. The largest absolute Gasteiger partial charge is 0.353 e. The first kappa shape index (κ1) is 16.3. The van der Waals surface area contributed by atoms with Crippen LogP contribution in [0.15, 0.2) is 12.2 Å². The lowest BCUT2D eigenvalue weighted by molar-refractivity contribution is -0.166. The molecule has 5 nitrogen and oxygen atoms in total. The molecular weight excluding hydrogens is 248 g/mol. The number of rotatable bonds is 8. The van der Waals surface area contributed by atoms with Crippen LogP contribution in [0, 0.1) is 5.92 Å². The van der Waals surface area contributed by atoms with E-state index in [9.17, 15) is 4.79 Å². The van der Waals surface area contributed by atoms with Gasteiger partial charge in [0.1, 0.15) is 0 Å². The van der Waals surface area contributed by atoms with Crippen molar-refractivity contribution in [2.45, 2.75) is 38.8 Å². The summed E-state index contributed by atoms with van der Waals surface area (Å²) >= 11 is 0. The second-order valence-corrected chi connectivity index (χ2v) is 4.67. The maximum atomic E-state index is 11.6. The molecule has 1 saturated heterocycles. The molecule has 1 aliphatic rings. The molecular formula is C14H24O5. The lowest BCUT2D eigenvalue weighted by atomic mass is 10.1. The van der Waals surface area contributed by atoms with E-state index in [4.69, 9.17) is 18.9 Å². The van der Waals surface area contributed by atoms with Gasteiger partial charge in [-0.3, -0.25) is 4.79 Å². The summed E-state index contributed by atoms with van der Waals surface area (Å²) in [5.41, 5.74) is 0. The summed E-state index contributed by atoms with van der Waals surface area (Å²) in [6.07, 6.45) is 5.57.